The van der Waals surface area contributed by atoms with Crippen molar-refractivity contribution >= 4 is 33.2 Å². The first-order valence-corrected chi connectivity index (χ1v) is 10.2. The van der Waals surface area contributed by atoms with Crippen molar-refractivity contribution in [2.75, 3.05) is 23.9 Å². The highest BCUT2D eigenvalue weighted by Gasteiger charge is 2.28. The molecule has 0 aliphatic rings. The van der Waals surface area contributed by atoms with Gasteiger partial charge in [-0.3, -0.25) is 9.10 Å². The summed E-state index contributed by atoms with van der Waals surface area (Å²) in [5.74, 6) is -0.258. The molecule has 0 saturated carbocycles. The number of hydrogen-bond donors (Lipinski definition) is 0. The van der Waals surface area contributed by atoms with E-state index in [9.17, 15) is 13.2 Å². The van der Waals surface area contributed by atoms with Gasteiger partial charge < -0.3 is 4.90 Å². The van der Waals surface area contributed by atoms with Crippen molar-refractivity contribution in [2.24, 2.45) is 0 Å². The molecular weight excluding hydrogens is 372 g/mol. The lowest BCUT2D eigenvalue weighted by atomic mass is 10.2. The summed E-state index contributed by atoms with van der Waals surface area (Å²) in [6, 6.07) is 13.1. The second kappa shape index (κ2) is 8.56. The number of sulfonamides is 1. The van der Waals surface area contributed by atoms with Crippen LogP contribution in [0.5, 0.6) is 0 Å². The molecule has 26 heavy (non-hydrogen) atoms. The van der Waals surface area contributed by atoms with Gasteiger partial charge in [-0.1, -0.05) is 35.9 Å². The van der Waals surface area contributed by atoms with Crippen LogP contribution in [0.15, 0.2) is 53.4 Å². The molecule has 0 atom stereocenters. The second-order valence-electron chi connectivity index (χ2n) is 5.82. The Morgan fingerprint density at radius 3 is 2.19 bits per heavy atom. The SMILES string of the molecule is CCN(CC)C(=O)CN(c1ccc(C)c(Cl)c1)S(=O)(=O)c1ccccc1. The summed E-state index contributed by atoms with van der Waals surface area (Å²) >= 11 is 6.19. The Labute approximate surface area is 160 Å². The Morgan fingerprint density at radius 1 is 1.04 bits per heavy atom. The van der Waals surface area contributed by atoms with Crippen LogP contribution in [0.4, 0.5) is 5.69 Å². The van der Waals surface area contributed by atoms with Crippen LogP contribution in [-0.4, -0.2) is 38.9 Å². The van der Waals surface area contributed by atoms with Crippen LogP contribution in [0.25, 0.3) is 0 Å². The van der Waals surface area contributed by atoms with Crippen molar-refractivity contribution in [3.05, 3.63) is 59.1 Å². The number of halogens is 1. The molecule has 0 heterocycles. The summed E-state index contributed by atoms with van der Waals surface area (Å²) in [5.41, 5.74) is 1.20. The molecule has 7 heteroatoms. The van der Waals surface area contributed by atoms with Crippen LogP contribution >= 0.6 is 11.6 Å². The molecule has 0 N–H and O–H groups in total. The molecule has 2 aromatic rings. The molecular formula is C19H23ClN2O3S. The molecule has 0 aromatic heterocycles. The molecule has 0 fully saturated rings. The summed E-state index contributed by atoms with van der Waals surface area (Å²) in [7, 11) is -3.90. The Bertz CT molecular complexity index is 866. The summed E-state index contributed by atoms with van der Waals surface area (Å²) < 4.78 is 27.5. The van der Waals surface area contributed by atoms with Gasteiger partial charge in [0.15, 0.2) is 0 Å². The van der Waals surface area contributed by atoms with E-state index < -0.39 is 10.0 Å². The number of rotatable bonds is 7. The average Bonchev–Trinajstić information content (AvgIpc) is 2.63. The molecule has 0 aliphatic heterocycles. The third kappa shape index (κ3) is 4.37. The zero-order chi connectivity index (χ0) is 19.3. The van der Waals surface area contributed by atoms with E-state index in [4.69, 9.17) is 11.6 Å². The van der Waals surface area contributed by atoms with Crippen molar-refractivity contribution in [1.29, 1.82) is 0 Å². The first-order chi connectivity index (χ1) is 12.3. The fourth-order valence-corrected chi connectivity index (χ4v) is 4.17. The quantitative estimate of drug-likeness (QED) is 0.719. The highest BCUT2D eigenvalue weighted by Crippen LogP contribution is 2.28. The molecule has 0 bridgehead atoms. The van der Waals surface area contributed by atoms with Gasteiger partial charge in [0, 0.05) is 18.1 Å². The summed E-state index contributed by atoms with van der Waals surface area (Å²) in [6.45, 7) is 6.31. The van der Waals surface area contributed by atoms with E-state index in [1.807, 2.05) is 20.8 Å². The largest absolute Gasteiger partial charge is 0.342 e. The maximum atomic E-state index is 13.2. The van der Waals surface area contributed by atoms with Gasteiger partial charge in [0.1, 0.15) is 6.54 Å². The van der Waals surface area contributed by atoms with Gasteiger partial charge in [-0.05, 0) is 50.6 Å². The molecule has 1 amide bonds. The Balaban J connectivity index is 2.51. The third-order valence-corrected chi connectivity index (χ3v) is 6.36. The fourth-order valence-electron chi connectivity index (χ4n) is 2.57. The monoisotopic (exact) mass is 394 g/mol. The number of anilines is 1. The molecule has 2 rings (SSSR count). The first kappa shape index (κ1) is 20.3. The van der Waals surface area contributed by atoms with Crippen LogP contribution in [-0.2, 0) is 14.8 Å². The van der Waals surface area contributed by atoms with Gasteiger partial charge in [0.25, 0.3) is 10.0 Å². The Kier molecular flexibility index (Phi) is 6.67. The maximum absolute atomic E-state index is 13.2. The van der Waals surface area contributed by atoms with Gasteiger partial charge in [0.05, 0.1) is 10.6 Å². The lowest BCUT2D eigenvalue weighted by Gasteiger charge is -2.27. The fraction of sp³-hybridized carbons (Fsp3) is 0.316. The van der Waals surface area contributed by atoms with Gasteiger partial charge >= 0.3 is 0 Å². The topological polar surface area (TPSA) is 57.7 Å². The number of hydrogen-bond acceptors (Lipinski definition) is 3. The van der Waals surface area contributed by atoms with E-state index in [1.165, 1.54) is 12.1 Å². The molecule has 140 valence electrons. The first-order valence-electron chi connectivity index (χ1n) is 8.43. The summed E-state index contributed by atoms with van der Waals surface area (Å²) in [4.78, 5) is 14.3. The zero-order valence-corrected chi connectivity index (χ0v) is 16.7. The molecule has 0 unspecified atom stereocenters. The number of benzene rings is 2. The van der Waals surface area contributed by atoms with Gasteiger partial charge in [-0.25, -0.2) is 8.42 Å². The molecule has 0 spiro atoms. The maximum Gasteiger partial charge on any atom is 0.264 e. The average molecular weight is 395 g/mol. The molecule has 0 aliphatic carbocycles. The van der Waals surface area contributed by atoms with E-state index >= 15 is 0 Å². The minimum absolute atomic E-state index is 0.129. The number of carbonyl (C=O) groups excluding carboxylic acids is 1. The summed E-state index contributed by atoms with van der Waals surface area (Å²) in [5, 5.41) is 0.450. The lowest BCUT2D eigenvalue weighted by molar-refractivity contribution is -0.129. The van der Waals surface area contributed by atoms with Crippen LogP contribution in [0.1, 0.15) is 19.4 Å². The van der Waals surface area contributed by atoms with Crippen LogP contribution in [0.3, 0.4) is 0 Å². The molecule has 0 saturated heterocycles. The van der Waals surface area contributed by atoms with Crippen molar-refractivity contribution in [2.45, 2.75) is 25.7 Å². The predicted molar refractivity (Wildman–Crippen MR) is 105 cm³/mol. The van der Waals surface area contributed by atoms with E-state index in [-0.39, 0.29) is 17.3 Å². The molecule has 5 nitrogen and oxygen atoms in total. The number of carbonyl (C=O) groups is 1. The van der Waals surface area contributed by atoms with Crippen LogP contribution in [0.2, 0.25) is 5.02 Å². The van der Waals surface area contributed by atoms with Gasteiger partial charge in [-0.2, -0.15) is 0 Å². The number of nitrogens with zero attached hydrogens (tertiary/aromatic N) is 2. The number of amides is 1. The van der Waals surface area contributed by atoms with E-state index in [0.29, 0.717) is 23.8 Å². The third-order valence-electron chi connectivity index (χ3n) is 4.17. The number of likely N-dealkylation sites (N-methyl/N-ethyl adjacent to an activating group) is 1. The normalized spacial score (nSPS) is 11.2. The smallest absolute Gasteiger partial charge is 0.264 e. The van der Waals surface area contributed by atoms with E-state index in [0.717, 1.165) is 9.87 Å². The molecule has 2 aromatic carbocycles. The van der Waals surface area contributed by atoms with E-state index in [1.54, 1.807) is 41.3 Å². The lowest BCUT2D eigenvalue weighted by Crippen LogP contribution is -2.43. The number of aryl methyl sites for hydroxylation is 1. The molecule has 0 radical (unpaired) electrons. The minimum atomic E-state index is -3.90. The Hall–Kier alpha value is -2.05. The minimum Gasteiger partial charge on any atom is -0.342 e. The second-order valence-corrected chi connectivity index (χ2v) is 8.09. The standard InChI is InChI=1S/C19H23ClN2O3S/c1-4-21(5-2)19(23)14-22(16-12-11-15(3)18(20)13-16)26(24,25)17-9-7-6-8-10-17/h6-13H,4-5,14H2,1-3H3. The van der Waals surface area contributed by atoms with Gasteiger partial charge in [0.2, 0.25) is 5.91 Å². The summed E-state index contributed by atoms with van der Waals surface area (Å²) in [6.07, 6.45) is 0. The zero-order valence-electron chi connectivity index (χ0n) is 15.1. The van der Waals surface area contributed by atoms with Crippen molar-refractivity contribution in [1.82, 2.24) is 4.90 Å². The predicted octanol–water partition coefficient (Wildman–Crippen LogP) is 3.71. The van der Waals surface area contributed by atoms with Crippen LogP contribution in [0, 0.1) is 6.92 Å². The van der Waals surface area contributed by atoms with Gasteiger partial charge in [-0.15, -0.1) is 0 Å². The van der Waals surface area contributed by atoms with Crippen molar-refractivity contribution < 1.29 is 13.2 Å². The van der Waals surface area contributed by atoms with Crippen LogP contribution < -0.4 is 4.31 Å². The Morgan fingerprint density at radius 2 is 1.65 bits per heavy atom. The van der Waals surface area contributed by atoms with Crippen molar-refractivity contribution in [3.63, 3.8) is 0 Å². The van der Waals surface area contributed by atoms with E-state index in [2.05, 4.69) is 0 Å². The van der Waals surface area contributed by atoms with Crippen molar-refractivity contribution in [3.8, 4) is 0 Å². The highest BCUT2D eigenvalue weighted by atomic mass is 35.5. The highest BCUT2D eigenvalue weighted by molar-refractivity contribution is 7.92.